The maximum Gasteiger partial charge on any atom is 0.330 e. The highest BCUT2D eigenvalue weighted by Gasteiger charge is 2.29. The Morgan fingerprint density at radius 1 is 1.20 bits per heavy atom. The van der Waals surface area contributed by atoms with Crippen LogP contribution in [0.1, 0.15) is 57.2 Å². The van der Waals surface area contributed by atoms with Crippen LogP contribution in [0.4, 0.5) is 5.69 Å². The average molecular weight is 432 g/mol. The number of piperidine rings is 1. The molecule has 0 spiro atoms. The monoisotopic (exact) mass is 431 g/mol. The van der Waals surface area contributed by atoms with Gasteiger partial charge in [-0.25, -0.2) is 9.78 Å². The normalized spacial score (nSPS) is 15.6. The Bertz CT molecular complexity index is 865. The summed E-state index contributed by atoms with van der Waals surface area (Å²) in [6.07, 6.45) is 1.83. The van der Waals surface area contributed by atoms with Gasteiger partial charge in [0, 0.05) is 37.0 Å². The molecule has 0 bridgehead atoms. The number of nitrogens with zero attached hydrogens (tertiary/aromatic N) is 2. The first-order valence-corrected chi connectivity index (χ1v) is 11.0. The van der Waals surface area contributed by atoms with Crippen molar-refractivity contribution in [2.75, 3.05) is 18.4 Å². The number of aromatic nitrogens is 1. The molecule has 1 aromatic carbocycles. The van der Waals surface area contributed by atoms with E-state index in [9.17, 15) is 9.59 Å². The van der Waals surface area contributed by atoms with Crippen molar-refractivity contribution in [3.8, 4) is 5.75 Å². The Hall–Kier alpha value is -2.45. The van der Waals surface area contributed by atoms with E-state index in [4.69, 9.17) is 14.6 Å². The molecule has 7 nitrogen and oxygen atoms in total. The molecule has 1 amide bonds. The SMILES string of the molecule is CC(=O)Nc1ccc(OCc2csc(C3CCN(OC(=O)C(C)(C)C)CC3)n2)cc1. The van der Waals surface area contributed by atoms with Crippen molar-refractivity contribution in [1.29, 1.82) is 0 Å². The Balaban J connectivity index is 1.46. The molecule has 0 unspecified atom stereocenters. The number of benzene rings is 1. The van der Waals surface area contributed by atoms with Crippen molar-refractivity contribution in [1.82, 2.24) is 10.0 Å². The van der Waals surface area contributed by atoms with Crippen LogP contribution in [0, 0.1) is 5.41 Å². The highest BCUT2D eigenvalue weighted by atomic mass is 32.1. The summed E-state index contributed by atoms with van der Waals surface area (Å²) in [4.78, 5) is 33.3. The number of thiazole rings is 1. The van der Waals surface area contributed by atoms with Gasteiger partial charge in [-0.15, -0.1) is 16.4 Å². The van der Waals surface area contributed by atoms with Crippen LogP contribution >= 0.6 is 11.3 Å². The predicted molar refractivity (Wildman–Crippen MR) is 116 cm³/mol. The minimum atomic E-state index is -0.495. The van der Waals surface area contributed by atoms with Gasteiger partial charge in [0.05, 0.1) is 16.1 Å². The van der Waals surface area contributed by atoms with E-state index in [1.54, 1.807) is 16.4 Å². The van der Waals surface area contributed by atoms with Gasteiger partial charge in [0.25, 0.3) is 0 Å². The molecule has 2 heterocycles. The van der Waals surface area contributed by atoms with Crippen molar-refractivity contribution < 1.29 is 19.2 Å². The molecule has 162 valence electrons. The molecule has 0 radical (unpaired) electrons. The molecule has 1 saturated heterocycles. The molecule has 0 aliphatic carbocycles. The zero-order valence-corrected chi connectivity index (χ0v) is 18.8. The number of amides is 1. The third-order valence-corrected chi connectivity index (χ3v) is 5.81. The van der Waals surface area contributed by atoms with Crippen molar-refractivity contribution in [3.63, 3.8) is 0 Å². The molecule has 1 aliphatic heterocycles. The summed E-state index contributed by atoms with van der Waals surface area (Å²) in [6, 6.07) is 7.27. The van der Waals surface area contributed by atoms with Crippen molar-refractivity contribution in [3.05, 3.63) is 40.3 Å². The summed E-state index contributed by atoms with van der Waals surface area (Å²) in [5, 5.41) is 7.64. The second-order valence-corrected chi connectivity index (χ2v) is 9.39. The van der Waals surface area contributed by atoms with Crippen molar-refractivity contribution in [2.24, 2.45) is 5.41 Å². The van der Waals surface area contributed by atoms with Gasteiger partial charge in [0.2, 0.25) is 5.91 Å². The van der Waals surface area contributed by atoms with Crippen LogP contribution in [0.3, 0.4) is 0 Å². The summed E-state index contributed by atoms with van der Waals surface area (Å²) in [7, 11) is 0. The fourth-order valence-electron chi connectivity index (χ4n) is 3.02. The van der Waals surface area contributed by atoms with E-state index in [0.29, 0.717) is 12.5 Å². The van der Waals surface area contributed by atoms with Gasteiger partial charge < -0.3 is 14.9 Å². The summed E-state index contributed by atoms with van der Waals surface area (Å²) in [5.74, 6) is 0.814. The lowest BCUT2D eigenvalue weighted by molar-refractivity contribution is -0.204. The van der Waals surface area contributed by atoms with Gasteiger partial charge in [-0.1, -0.05) is 0 Å². The summed E-state index contributed by atoms with van der Waals surface area (Å²) in [5.41, 5.74) is 1.15. The van der Waals surface area contributed by atoms with Crippen LogP contribution in [-0.2, 0) is 21.0 Å². The molecule has 1 N–H and O–H groups in total. The quantitative estimate of drug-likeness (QED) is 0.732. The highest BCUT2D eigenvalue weighted by molar-refractivity contribution is 7.09. The number of ether oxygens (including phenoxy) is 1. The van der Waals surface area contributed by atoms with Gasteiger partial charge in [-0.2, -0.15) is 0 Å². The molecule has 8 heteroatoms. The minimum absolute atomic E-state index is 0.100. The zero-order valence-electron chi connectivity index (χ0n) is 17.9. The van der Waals surface area contributed by atoms with Crippen molar-refractivity contribution in [2.45, 2.75) is 53.1 Å². The molecule has 30 heavy (non-hydrogen) atoms. The van der Waals surface area contributed by atoms with Crippen LogP contribution in [0.5, 0.6) is 5.75 Å². The highest BCUT2D eigenvalue weighted by Crippen LogP contribution is 2.31. The van der Waals surface area contributed by atoms with E-state index in [2.05, 4.69) is 5.32 Å². The van der Waals surface area contributed by atoms with E-state index in [0.717, 1.165) is 48.1 Å². The topological polar surface area (TPSA) is 80.8 Å². The van der Waals surface area contributed by atoms with Gasteiger partial charge in [-0.05, 0) is 57.9 Å². The molecule has 1 aromatic heterocycles. The number of rotatable bonds is 6. The van der Waals surface area contributed by atoms with E-state index in [1.165, 1.54) is 6.92 Å². The molecule has 1 fully saturated rings. The summed E-state index contributed by atoms with van der Waals surface area (Å²) < 4.78 is 5.81. The first kappa shape index (κ1) is 22.2. The van der Waals surface area contributed by atoms with Crippen LogP contribution in [0.25, 0.3) is 0 Å². The molecular formula is C22H29N3O4S. The third kappa shape index (κ3) is 6.27. The van der Waals surface area contributed by atoms with Crippen LogP contribution in [-0.4, -0.2) is 35.0 Å². The Labute approximate surface area is 181 Å². The van der Waals surface area contributed by atoms with E-state index < -0.39 is 5.41 Å². The van der Waals surface area contributed by atoms with Crippen LogP contribution in [0.2, 0.25) is 0 Å². The molecule has 2 aromatic rings. The minimum Gasteiger partial charge on any atom is -0.487 e. The molecule has 1 aliphatic rings. The summed E-state index contributed by atoms with van der Waals surface area (Å²) in [6.45, 7) is 8.90. The fourth-order valence-corrected chi connectivity index (χ4v) is 4.00. The predicted octanol–water partition coefficient (Wildman–Crippen LogP) is 4.36. The third-order valence-electron chi connectivity index (χ3n) is 4.76. The van der Waals surface area contributed by atoms with Crippen LogP contribution < -0.4 is 10.1 Å². The standard InChI is InChI=1S/C22H29N3O4S/c1-15(26)23-17-5-7-19(8-6-17)28-13-18-14-30-20(24-18)16-9-11-25(12-10-16)29-21(27)22(2,3)4/h5-8,14,16H,9-13H2,1-4H3,(H,23,26). The molecular weight excluding hydrogens is 402 g/mol. The first-order valence-electron chi connectivity index (χ1n) is 10.1. The molecule has 0 atom stereocenters. The second-order valence-electron chi connectivity index (χ2n) is 8.50. The molecule has 3 rings (SSSR count). The zero-order chi connectivity index (χ0) is 21.7. The second kappa shape index (κ2) is 9.57. The lowest BCUT2D eigenvalue weighted by Crippen LogP contribution is -2.38. The van der Waals surface area contributed by atoms with Gasteiger partial charge in [0.1, 0.15) is 12.4 Å². The lowest BCUT2D eigenvalue weighted by atomic mass is 9.97. The smallest absolute Gasteiger partial charge is 0.330 e. The Morgan fingerprint density at radius 2 is 1.87 bits per heavy atom. The fraction of sp³-hybridized carbons (Fsp3) is 0.500. The number of anilines is 1. The van der Waals surface area contributed by atoms with E-state index in [-0.39, 0.29) is 11.9 Å². The maximum atomic E-state index is 12.0. The number of carbonyl (C=O) groups excluding carboxylic acids is 2. The maximum absolute atomic E-state index is 12.0. The summed E-state index contributed by atoms with van der Waals surface area (Å²) >= 11 is 1.66. The van der Waals surface area contributed by atoms with E-state index in [1.807, 2.05) is 50.4 Å². The Kier molecular flexibility index (Phi) is 7.10. The van der Waals surface area contributed by atoms with Gasteiger partial charge in [-0.3, -0.25) is 4.79 Å². The molecule has 0 saturated carbocycles. The first-order chi connectivity index (χ1) is 14.2. The largest absolute Gasteiger partial charge is 0.487 e. The van der Waals surface area contributed by atoms with E-state index >= 15 is 0 Å². The van der Waals surface area contributed by atoms with Crippen molar-refractivity contribution >= 4 is 28.9 Å². The number of hydrogen-bond donors (Lipinski definition) is 1. The number of hydrogen-bond acceptors (Lipinski definition) is 7. The number of nitrogens with one attached hydrogen (secondary N) is 1. The number of carbonyl (C=O) groups is 2. The van der Waals surface area contributed by atoms with Gasteiger partial charge in [0.15, 0.2) is 0 Å². The Morgan fingerprint density at radius 3 is 2.47 bits per heavy atom. The van der Waals surface area contributed by atoms with Crippen LogP contribution in [0.15, 0.2) is 29.6 Å². The number of hydroxylamine groups is 2. The lowest BCUT2D eigenvalue weighted by Gasteiger charge is -2.31. The average Bonchev–Trinajstić information content (AvgIpc) is 3.16. The van der Waals surface area contributed by atoms with Gasteiger partial charge >= 0.3 is 5.97 Å².